The maximum atomic E-state index is 13.1. The summed E-state index contributed by atoms with van der Waals surface area (Å²) in [7, 11) is 3.61. The van der Waals surface area contributed by atoms with E-state index in [-0.39, 0.29) is 11.8 Å². The summed E-state index contributed by atoms with van der Waals surface area (Å²) in [5, 5.41) is 12.1. The van der Waals surface area contributed by atoms with Gasteiger partial charge in [0.05, 0.1) is 11.9 Å². The van der Waals surface area contributed by atoms with Crippen molar-refractivity contribution < 1.29 is 4.79 Å². The molecule has 0 saturated carbocycles. The molecule has 11 heteroatoms. The van der Waals surface area contributed by atoms with Crippen molar-refractivity contribution in [3.8, 4) is 11.3 Å². The first kappa shape index (κ1) is 23.6. The Bertz CT molecular complexity index is 1480. The number of carbonyl (C=O) groups is 1. The molecule has 4 aromatic rings. The smallest absolute Gasteiger partial charge is 0.228 e. The molecule has 0 bridgehead atoms. The normalized spacial score (nSPS) is 16.1. The molecule has 1 aliphatic heterocycles. The van der Waals surface area contributed by atoms with E-state index in [1.54, 1.807) is 29.0 Å². The quantitative estimate of drug-likeness (QED) is 0.319. The van der Waals surface area contributed by atoms with Gasteiger partial charge in [0, 0.05) is 49.9 Å². The molecule has 1 aromatic carbocycles. The number of hydrogen-bond acceptors (Lipinski definition) is 7. The molecule has 0 saturated heterocycles. The lowest BCUT2D eigenvalue weighted by atomic mass is 9.96. The van der Waals surface area contributed by atoms with Crippen molar-refractivity contribution in [2.75, 3.05) is 17.3 Å². The molecular formula is C25H26ClN9O. The van der Waals surface area contributed by atoms with Gasteiger partial charge in [0.25, 0.3) is 0 Å². The summed E-state index contributed by atoms with van der Waals surface area (Å²) in [6, 6.07) is 15.2. The SMILES string of the molecule is CN1C(=O)CC(Cc2ccc(Cl)cc2)Cn2c1cc(-c1ccnc(Nc3ccnn3C)n1)c/c2=N/N. The molecule has 0 fully saturated rings. The van der Waals surface area contributed by atoms with Crippen LogP contribution in [0.3, 0.4) is 0 Å². The highest BCUT2D eigenvalue weighted by molar-refractivity contribution is 6.30. The molecule has 0 spiro atoms. The lowest BCUT2D eigenvalue weighted by Gasteiger charge is -2.20. The summed E-state index contributed by atoms with van der Waals surface area (Å²) in [5.41, 5.74) is 3.13. The monoisotopic (exact) mass is 503 g/mol. The Labute approximate surface area is 213 Å². The van der Waals surface area contributed by atoms with E-state index in [1.165, 1.54) is 0 Å². The first-order valence-corrected chi connectivity index (χ1v) is 11.9. The molecule has 0 radical (unpaired) electrons. The van der Waals surface area contributed by atoms with Gasteiger partial charge in [-0.3, -0.25) is 9.48 Å². The van der Waals surface area contributed by atoms with Gasteiger partial charge in [-0.05, 0) is 48.2 Å². The highest BCUT2D eigenvalue weighted by Crippen LogP contribution is 2.28. The van der Waals surface area contributed by atoms with Crippen LogP contribution in [-0.4, -0.2) is 37.3 Å². The van der Waals surface area contributed by atoms with E-state index in [0.717, 1.165) is 23.4 Å². The van der Waals surface area contributed by atoms with Gasteiger partial charge in [-0.1, -0.05) is 23.7 Å². The third-order valence-electron chi connectivity index (χ3n) is 6.33. The van der Waals surface area contributed by atoms with Crippen LogP contribution in [0.5, 0.6) is 0 Å². The minimum absolute atomic E-state index is 0.0292. The number of pyridine rings is 1. The van der Waals surface area contributed by atoms with Crippen molar-refractivity contribution in [3.05, 3.63) is 77.0 Å². The third-order valence-corrected chi connectivity index (χ3v) is 6.58. The lowest BCUT2D eigenvalue weighted by molar-refractivity contribution is -0.119. The number of hydrogen-bond donors (Lipinski definition) is 2. The van der Waals surface area contributed by atoms with Crippen LogP contribution in [-0.2, 0) is 24.8 Å². The summed E-state index contributed by atoms with van der Waals surface area (Å²) in [4.78, 5) is 23.8. The van der Waals surface area contributed by atoms with E-state index >= 15 is 0 Å². The van der Waals surface area contributed by atoms with Crippen molar-refractivity contribution >= 4 is 35.1 Å². The lowest BCUT2D eigenvalue weighted by Crippen LogP contribution is -2.31. The average molecular weight is 504 g/mol. The number of nitrogens with zero attached hydrogens (tertiary/aromatic N) is 7. The van der Waals surface area contributed by atoms with Crippen molar-refractivity contribution in [3.63, 3.8) is 0 Å². The number of fused-ring (bicyclic) bond motifs is 1. The van der Waals surface area contributed by atoms with Gasteiger partial charge in [0.15, 0.2) is 5.49 Å². The molecule has 1 amide bonds. The summed E-state index contributed by atoms with van der Waals surface area (Å²) < 4.78 is 3.69. The van der Waals surface area contributed by atoms with Gasteiger partial charge < -0.3 is 20.6 Å². The number of aromatic nitrogens is 5. The number of nitrogens with two attached hydrogens (primary N) is 1. The molecule has 1 aliphatic rings. The van der Waals surface area contributed by atoms with Gasteiger partial charge in [-0.2, -0.15) is 10.2 Å². The number of aryl methyl sites for hydroxylation is 1. The Balaban J connectivity index is 1.50. The van der Waals surface area contributed by atoms with E-state index in [4.69, 9.17) is 17.4 Å². The van der Waals surface area contributed by atoms with Gasteiger partial charge >= 0.3 is 0 Å². The van der Waals surface area contributed by atoms with Crippen LogP contribution >= 0.6 is 11.6 Å². The van der Waals surface area contributed by atoms with Crippen LogP contribution in [0.25, 0.3) is 11.3 Å². The second kappa shape index (κ2) is 9.82. The molecule has 36 heavy (non-hydrogen) atoms. The summed E-state index contributed by atoms with van der Waals surface area (Å²) in [6.45, 7) is 0.599. The Kier molecular flexibility index (Phi) is 6.43. The van der Waals surface area contributed by atoms with Crippen LogP contribution < -0.4 is 21.5 Å². The highest BCUT2D eigenvalue weighted by Gasteiger charge is 2.27. The molecule has 0 aliphatic carbocycles. The van der Waals surface area contributed by atoms with Crippen molar-refractivity contribution in [2.45, 2.75) is 19.4 Å². The fourth-order valence-electron chi connectivity index (χ4n) is 4.43. The number of amides is 1. The Morgan fingerprint density at radius 1 is 1.14 bits per heavy atom. The fraction of sp³-hybridized carbons (Fsp3) is 0.240. The number of benzene rings is 1. The minimum Gasteiger partial charge on any atom is -0.321 e. The fourth-order valence-corrected chi connectivity index (χ4v) is 4.55. The molecule has 1 unspecified atom stereocenters. The van der Waals surface area contributed by atoms with Crippen LogP contribution in [0.15, 0.2) is 66.0 Å². The first-order chi connectivity index (χ1) is 17.4. The maximum Gasteiger partial charge on any atom is 0.228 e. The number of carbonyl (C=O) groups excluding carboxylic acids is 1. The topological polar surface area (TPSA) is 119 Å². The average Bonchev–Trinajstić information content (AvgIpc) is 3.23. The molecular weight excluding hydrogens is 478 g/mol. The van der Waals surface area contributed by atoms with Crippen molar-refractivity contribution in [1.29, 1.82) is 0 Å². The summed E-state index contributed by atoms with van der Waals surface area (Å²) >= 11 is 6.04. The molecule has 5 rings (SSSR count). The van der Waals surface area contributed by atoms with Gasteiger partial charge in [-0.25, -0.2) is 9.97 Å². The summed E-state index contributed by atoms with van der Waals surface area (Å²) in [5.74, 6) is 7.84. The first-order valence-electron chi connectivity index (χ1n) is 11.5. The zero-order valence-corrected chi connectivity index (χ0v) is 20.7. The zero-order chi connectivity index (χ0) is 25.2. The largest absolute Gasteiger partial charge is 0.321 e. The highest BCUT2D eigenvalue weighted by atomic mass is 35.5. The van der Waals surface area contributed by atoms with E-state index in [2.05, 4.69) is 25.5 Å². The van der Waals surface area contributed by atoms with E-state index < -0.39 is 0 Å². The summed E-state index contributed by atoms with van der Waals surface area (Å²) in [6.07, 6.45) is 4.52. The predicted molar refractivity (Wildman–Crippen MR) is 138 cm³/mol. The number of nitrogens with one attached hydrogen (secondary N) is 1. The molecule has 4 heterocycles. The van der Waals surface area contributed by atoms with Crippen molar-refractivity contribution in [1.82, 2.24) is 24.3 Å². The van der Waals surface area contributed by atoms with Gasteiger partial charge in [-0.15, -0.1) is 0 Å². The van der Waals surface area contributed by atoms with Gasteiger partial charge in [0.2, 0.25) is 11.9 Å². The zero-order valence-electron chi connectivity index (χ0n) is 20.0. The standard InChI is InChI=1S/C25H26ClN9O/c1-33-23-14-18(20-7-9-28-25(30-20)31-21-8-10-29-34(21)2)13-22(32-27)35(23)15-17(12-24(33)36)11-16-3-5-19(26)6-4-16/h3-10,13-14,17H,11-12,15,27H2,1-2H3,(H,28,30,31)/b32-22-. The molecule has 1 atom stereocenters. The molecule has 3 N–H and O–H groups in total. The minimum atomic E-state index is 0.0292. The van der Waals surface area contributed by atoms with Crippen LogP contribution in [0.4, 0.5) is 17.6 Å². The van der Waals surface area contributed by atoms with Gasteiger partial charge in [0.1, 0.15) is 11.6 Å². The maximum absolute atomic E-state index is 13.1. The number of halogens is 1. The van der Waals surface area contributed by atoms with E-state index in [9.17, 15) is 4.79 Å². The Morgan fingerprint density at radius 2 is 1.94 bits per heavy atom. The van der Waals surface area contributed by atoms with Crippen LogP contribution in [0.1, 0.15) is 12.0 Å². The number of rotatable bonds is 5. The van der Waals surface area contributed by atoms with E-state index in [1.807, 2.05) is 60.1 Å². The third kappa shape index (κ3) is 4.80. The molecule has 10 nitrogen and oxygen atoms in total. The second-order valence-corrected chi connectivity index (χ2v) is 9.22. The number of anilines is 3. The molecule has 184 valence electrons. The van der Waals surface area contributed by atoms with Crippen LogP contribution in [0, 0.1) is 5.92 Å². The van der Waals surface area contributed by atoms with Crippen LogP contribution in [0.2, 0.25) is 5.02 Å². The van der Waals surface area contributed by atoms with Crippen molar-refractivity contribution in [2.24, 2.45) is 23.9 Å². The molecule has 3 aromatic heterocycles. The predicted octanol–water partition coefficient (Wildman–Crippen LogP) is 3.08. The Hall–Kier alpha value is -4.18. The second-order valence-electron chi connectivity index (χ2n) is 8.78. The van der Waals surface area contributed by atoms with E-state index in [0.29, 0.717) is 40.9 Å². The Morgan fingerprint density at radius 3 is 2.67 bits per heavy atom.